The van der Waals surface area contributed by atoms with Crippen LogP contribution in [0.4, 0.5) is 14.5 Å². The van der Waals surface area contributed by atoms with Gasteiger partial charge in [0.2, 0.25) is 0 Å². The summed E-state index contributed by atoms with van der Waals surface area (Å²) >= 11 is 5.91. The number of anilines is 1. The number of nitrogens with one attached hydrogen (secondary N) is 1. The predicted octanol–water partition coefficient (Wildman–Crippen LogP) is 3.91. The number of halogens is 3. The number of hydrogen-bond donors (Lipinski definition) is 2. The summed E-state index contributed by atoms with van der Waals surface area (Å²) in [5.74, 6) is -2.44. The highest BCUT2D eigenvalue weighted by Crippen LogP contribution is 2.26. The number of nitrogen functional groups attached to an aromatic ring is 1. The Labute approximate surface area is 123 Å². The molecule has 0 aliphatic heterocycles. The Balaban J connectivity index is 2.17. The van der Waals surface area contributed by atoms with Gasteiger partial charge in [-0.25, -0.2) is 8.78 Å². The molecule has 3 N–H and O–H groups in total. The number of rotatable bonds is 2. The molecule has 0 unspecified atom stereocenters. The highest BCUT2D eigenvalue weighted by Gasteiger charge is 2.19. The summed E-state index contributed by atoms with van der Waals surface area (Å²) in [6.45, 7) is 0. The molecule has 0 saturated carbocycles. The van der Waals surface area contributed by atoms with Crippen molar-refractivity contribution in [3.8, 4) is 0 Å². The van der Waals surface area contributed by atoms with Crippen LogP contribution in [0.25, 0.3) is 10.9 Å². The second kappa shape index (κ2) is 4.86. The number of hydrogen-bond acceptors (Lipinski definition) is 2. The Hall–Kier alpha value is -2.40. The first kappa shape index (κ1) is 13.6. The summed E-state index contributed by atoms with van der Waals surface area (Å²) in [7, 11) is 0. The lowest BCUT2D eigenvalue weighted by Gasteiger charge is -2.04. The van der Waals surface area contributed by atoms with Crippen LogP contribution < -0.4 is 5.73 Å². The van der Waals surface area contributed by atoms with Crippen molar-refractivity contribution in [3.63, 3.8) is 0 Å². The molecular weight excluding hydrogens is 298 g/mol. The van der Waals surface area contributed by atoms with Crippen molar-refractivity contribution in [2.75, 3.05) is 5.73 Å². The first-order chi connectivity index (χ1) is 9.97. The Kier molecular flexibility index (Phi) is 3.14. The molecule has 0 bridgehead atoms. The summed E-state index contributed by atoms with van der Waals surface area (Å²) in [6, 6.07) is 6.58. The van der Waals surface area contributed by atoms with Crippen LogP contribution in [0.15, 0.2) is 36.5 Å². The average Bonchev–Trinajstić information content (AvgIpc) is 2.85. The van der Waals surface area contributed by atoms with Crippen LogP contribution in [-0.4, -0.2) is 10.8 Å². The lowest BCUT2D eigenvalue weighted by atomic mass is 10.0. The third-order valence-electron chi connectivity index (χ3n) is 3.22. The second-order valence-corrected chi connectivity index (χ2v) is 5.01. The van der Waals surface area contributed by atoms with Gasteiger partial charge in [0, 0.05) is 33.8 Å². The van der Waals surface area contributed by atoms with Crippen molar-refractivity contribution in [1.29, 1.82) is 0 Å². The molecule has 21 heavy (non-hydrogen) atoms. The van der Waals surface area contributed by atoms with Crippen LogP contribution in [0, 0.1) is 11.6 Å². The maximum absolute atomic E-state index is 13.8. The normalized spacial score (nSPS) is 11.0. The number of carbonyl (C=O) groups excluding carboxylic acids is 1. The summed E-state index contributed by atoms with van der Waals surface area (Å²) in [5.41, 5.74) is 5.77. The van der Waals surface area contributed by atoms with E-state index >= 15 is 0 Å². The zero-order valence-corrected chi connectivity index (χ0v) is 11.3. The van der Waals surface area contributed by atoms with Crippen LogP contribution in [-0.2, 0) is 0 Å². The molecule has 3 rings (SSSR count). The van der Waals surface area contributed by atoms with Gasteiger partial charge in [-0.3, -0.25) is 4.79 Å². The number of nitrogens with two attached hydrogens (primary N) is 1. The highest BCUT2D eigenvalue weighted by molar-refractivity contribution is 6.31. The van der Waals surface area contributed by atoms with Gasteiger partial charge in [0.15, 0.2) is 5.78 Å². The van der Waals surface area contributed by atoms with Gasteiger partial charge in [0.05, 0.1) is 11.3 Å². The number of aromatic amines is 1. The van der Waals surface area contributed by atoms with E-state index in [1.54, 1.807) is 18.2 Å². The number of fused-ring (bicyclic) bond motifs is 1. The lowest BCUT2D eigenvalue weighted by Crippen LogP contribution is -2.06. The molecule has 2 aromatic carbocycles. The molecule has 0 fully saturated rings. The van der Waals surface area contributed by atoms with Gasteiger partial charge in [0.1, 0.15) is 11.6 Å². The minimum Gasteiger partial charge on any atom is -0.396 e. The number of aromatic nitrogens is 1. The van der Waals surface area contributed by atoms with Gasteiger partial charge in [0.25, 0.3) is 0 Å². The van der Waals surface area contributed by atoms with E-state index in [0.717, 1.165) is 6.07 Å². The fraction of sp³-hybridized carbons (Fsp3) is 0. The molecule has 0 amide bonds. The SMILES string of the molecule is Nc1cc(C(=O)c2c[nH]c3ccc(Cl)cc23)c(F)cc1F. The van der Waals surface area contributed by atoms with Gasteiger partial charge in [-0.05, 0) is 24.3 Å². The van der Waals surface area contributed by atoms with Crippen LogP contribution in [0.1, 0.15) is 15.9 Å². The number of carbonyl (C=O) groups is 1. The third-order valence-corrected chi connectivity index (χ3v) is 3.45. The van der Waals surface area contributed by atoms with Crippen molar-refractivity contribution < 1.29 is 13.6 Å². The molecule has 106 valence electrons. The van der Waals surface area contributed by atoms with E-state index in [0.29, 0.717) is 22.0 Å². The largest absolute Gasteiger partial charge is 0.396 e. The van der Waals surface area contributed by atoms with E-state index in [1.807, 2.05) is 0 Å². The quantitative estimate of drug-likeness (QED) is 0.557. The van der Waals surface area contributed by atoms with Gasteiger partial charge in [-0.15, -0.1) is 0 Å². The maximum Gasteiger partial charge on any atom is 0.198 e. The van der Waals surface area contributed by atoms with E-state index < -0.39 is 17.4 Å². The van der Waals surface area contributed by atoms with E-state index in [1.165, 1.54) is 6.20 Å². The Bertz CT molecular complexity index is 873. The van der Waals surface area contributed by atoms with Crippen LogP contribution in [0.2, 0.25) is 5.02 Å². The monoisotopic (exact) mass is 306 g/mol. The van der Waals surface area contributed by atoms with E-state index in [-0.39, 0.29) is 16.8 Å². The molecule has 0 radical (unpaired) electrons. The van der Waals surface area contributed by atoms with Gasteiger partial charge in [-0.1, -0.05) is 11.6 Å². The topological polar surface area (TPSA) is 58.9 Å². The van der Waals surface area contributed by atoms with Crippen molar-refractivity contribution >= 4 is 34.0 Å². The molecule has 0 saturated heterocycles. The minimum atomic E-state index is -0.955. The molecule has 3 aromatic rings. The number of benzene rings is 2. The summed E-state index contributed by atoms with van der Waals surface area (Å²) in [4.78, 5) is 15.3. The first-order valence-electron chi connectivity index (χ1n) is 6.03. The molecule has 1 aromatic heterocycles. The van der Waals surface area contributed by atoms with Gasteiger partial charge < -0.3 is 10.7 Å². The molecule has 0 aliphatic carbocycles. The van der Waals surface area contributed by atoms with Gasteiger partial charge >= 0.3 is 0 Å². The number of H-pyrrole nitrogens is 1. The molecule has 1 heterocycles. The fourth-order valence-corrected chi connectivity index (χ4v) is 2.34. The summed E-state index contributed by atoms with van der Waals surface area (Å²) in [6.07, 6.45) is 1.46. The maximum atomic E-state index is 13.8. The fourth-order valence-electron chi connectivity index (χ4n) is 2.17. The average molecular weight is 307 g/mol. The predicted molar refractivity (Wildman–Crippen MR) is 77.5 cm³/mol. The molecular formula is C15H9ClF2N2O. The molecule has 3 nitrogen and oxygen atoms in total. The van der Waals surface area contributed by atoms with Crippen molar-refractivity contribution in [1.82, 2.24) is 4.98 Å². The molecule has 6 heteroatoms. The Morgan fingerprint density at radius 1 is 1.10 bits per heavy atom. The van der Waals surface area contributed by atoms with E-state index in [4.69, 9.17) is 17.3 Å². The Morgan fingerprint density at radius 3 is 2.62 bits per heavy atom. The number of ketones is 1. The summed E-state index contributed by atoms with van der Waals surface area (Å²) in [5, 5.41) is 1.02. The highest BCUT2D eigenvalue weighted by atomic mass is 35.5. The summed E-state index contributed by atoms with van der Waals surface area (Å²) < 4.78 is 27.0. The van der Waals surface area contributed by atoms with Crippen LogP contribution in [0.3, 0.4) is 0 Å². The Morgan fingerprint density at radius 2 is 1.86 bits per heavy atom. The molecule has 0 spiro atoms. The zero-order valence-electron chi connectivity index (χ0n) is 10.6. The molecule has 0 aliphatic rings. The molecule has 0 atom stereocenters. The second-order valence-electron chi connectivity index (χ2n) is 4.57. The van der Waals surface area contributed by atoms with Crippen molar-refractivity contribution in [2.45, 2.75) is 0 Å². The standard InChI is InChI=1S/C15H9ClF2N2O/c16-7-1-2-14-8(3-7)10(6-20-14)15(21)9-4-13(19)12(18)5-11(9)17/h1-6,20H,19H2. The zero-order chi connectivity index (χ0) is 15.1. The minimum absolute atomic E-state index is 0.248. The smallest absolute Gasteiger partial charge is 0.198 e. The van der Waals surface area contributed by atoms with Crippen molar-refractivity contribution in [3.05, 3.63) is 64.3 Å². The first-order valence-corrected chi connectivity index (χ1v) is 6.41. The van der Waals surface area contributed by atoms with Gasteiger partial charge in [-0.2, -0.15) is 0 Å². The third kappa shape index (κ3) is 2.25. The van der Waals surface area contributed by atoms with E-state index in [9.17, 15) is 13.6 Å². The van der Waals surface area contributed by atoms with Crippen molar-refractivity contribution in [2.24, 2.45) is 0 Å². The lowest BCUT2D eigenvalue weighted by molar-refractivity contribution is 0.103. The van der Waals surface area contributed by atoms with Crippen LogP contribution in [0.5, 0.6) is 0 Å². The van der Waals surface area contributed by atoms with Crippen LogP contribution >= 0.6 is 11.6 Å². The van der Waals surface area contributed by atoms with E-state index in [2.05, 4.69) is 4.98 Å².